The molecule has 0 radical (unpaired) electrons. The Hall–Kier alpha value is -7.28. The highest BCUT2D eigenvalue weighted by molar-refractivity contribution is 6.06. The summed E-state index contributed by atoms with van der Waals surface area (Å²) in [5.74, 6) is -3.18. The Morgan fingerprint density at radius 1 is 0.615 bits per heavy atom. The molecular formula is C52H57N5O8. The number of ether oxygens (including phenoxy) is 2. The number of likely N-dealkylation sites (N-methyl/N-ethyl adjacent to an activating group) is 2. The number of carbonyl (C=O) groups is 6. The molecule has 0 unspecified atom stereocenters. The molecule has 1 aliphatic rings. The molecule has 5 aromatic carbocycles. The van der Waals surface area contributed by atoms with Crippen molar-refractivity contribution in [1.82, 2.24) is 20.4 Å². The van der Waals surface area contributed by atoms with Crippen molar-refractivity contribution in [3.63, 3.8) is 0 Å². The van der Waals surface area contributed by atoms with Crippen molar-refractivity contribution in [2.75, 3.05) is 33.1 Å². The Kier molecular flexibility index (Phi) is 15.9. The van der Waals surface area contributed by atoms with Crippen LogP contribution in [0.2, 0.25) is 0 Å². The molecule has 0 aliphatic heterocycles. The molecule has 13 nitrogen and oxygen atoms in total. The molecule has 6 rings (SSSR count). The summed E-state index contributed by atoms with van der Waals surface area (Å²) < 4.78 is 10.7. The molecule has 65 heavy (non-hydrogen) atoms. The molecule has 5 aromatic rings. The zero-order valence-corrected chi connectivity index (χ0v) is 37.7. The normalized spacial score (nSPS) is 13.5. The molecule has 0 spiro atoms. The number of fused-ring (bicyclic) bond motifs is 3. The Morgan fingerprint density at radius 3 is 1.68 bits per heavy atom. The number of para-hydroxylation sites is 1. The first-order valence-corrected chi connectivity index (χ1v) is 21.8. The number of hydrogen-bond donors (Lipinski definition) is 3. The van der Waals surface area contributed by atoms with E-state index in [2.05, 4.69) is 28.1 Å². The molecule has 13 heteroatoms. The smallest absolute Gasteiger partial charge is 0.410 e. The minimum Gasteiger partial charge on any atom is -0.467 e. The summed E-state index contributed by atoms with van der Waals surface area (Å²) in [6.45, 7) is 5.39. The van der Waals surface area contributed by atoms with Crippen LogP contribution in [0.5, 0.6) is 0 Å². The number of benzene rings is 5. The number of rotatable bonds is 18. The van der Waals surface area contributed by atoms with Gasteiger partial charge in [0, 0.05) is 32.9 Å². The maximum atomic E-state index is 14.7. The lowest BCUT2D eigenvalue weighted by Gasteiger charge is -2.33. The standard InChI is InChI=1S/C52H57N5O8/c1-33(2)29-44(50(61)56(4)45(30-35-19-9-7-10-20-35)48(59)54-43-28-18-17-27-41(43)47(58)53-34(3)51(62)64-6)55-49(60)46(31-36-21-11-8-12-22-36)57(5)52(63)65-32-42-39-25-15-13-23-37(39)38-24-14-16-26-40(38)42/h7-28,33-34,42,44-46H,29-32H2,1-6H3,(H,53,58)(H,54,59)(H,55,60)/t34-,44-,45-,46-/m0/s1. The highest BCUT2D eigenvalue weighted by atomic mass is 16.6. The van der Waals surface area contributed by atoms with Crippen molar-refractivity contribution in [1.29, 1.82) is 0 Å². The minimum atomic E-state index is -1.11. The van der Waals surface area contributed by atoms with Crippen LogP contribution in [0.15, 0.2) is 133 Å². The molecule has 0 aromatic heterocycles. The Bertz CT molecular complexity index is 2430. The second-order valence-electron chi connectivity index (χ2n) is 16.7. The van der Waals surface area contributed by atoms with E-state index in [1.807, 2.05) is 111 Å². The molecule has 5 amide bonds. The van der Waals surface area contributed by atoms with Gasteiger partial charge < -0.3 is 30.3 Å². The summed E-state index contributed by atoms with van der Waals surface area (Å²) in [4.78, 5) is 85.7. The van der Waals surface area contributed by atoms with Crippen molar-refractivity contribution in [2.24, 2.45) is 5.92 Å². The molecule has 3 N–H and O–H groups in total. The van der Waals surface area contributed by atoms with Crippen LogP contribution in [-0.2, 0) is 41.5 Å². The van der Waals surface area contributed by atoms with Crippen molar-refractivity contribution in [2.45, 2.75) is 70.1 Å². The van der Waals surface area contributed by atoms with E-state index >= 15 is 0 Å². The summed E-state index contributed by atoms with van der Waals surface area (Å²) in [5, 5.41) is 8.40. The maximum Gasteiger partial charge on any atom is 0.410 e. The van der Waals surface area contributed by atoms with Gasteiger partial charge in [-0.25, -0.2) is 9.59 Å². The van der Waals surface area contributed by atoms with Crippen LogP contribution >= 0.6 is 0 Å². The van der Waals surface area contributed by atoms with E-state index in [1.165, 1.54) is 44.0 Å². The van der Waals surface area contributed by atoms with E-state index in [4.69, 9.17) is 9.47 Å². The monoisotopic (exact) mass is 879 g/mol. The molecule has 0 saturated carbocycles. The topological polar surface area (TPSA) is 163 Å². The predicted octanol–water partition coefficient (Wildman–Crippen LogP) is 7.01. The van der Waals surface area contributed by atoms with Gasteiger partial charge in [0.05, 0.1) is 18.4 Å². The number of hydrogen-bond acceptors (Lipinski definition) is 8. The number of amides is 5. The van der Waals surface area contributed by atoms with E-state index in [1.54, 1.807) is 18.2 Å². The van der Waals surface area contributed by atoms with Gasteiger partial charge in [0.25, 0.3) is 5.91 Å². The third-order valence-electron chi connectivity index (χ3n) is 11.7. The number of esters is 1. The highest BCUT2D eigenvalue weighted by Crippen LogP contribution is 2.44. The number of methoxy groups -OCH3 is 1. The predicted molar refractivity (Wildman–Crippen MR) is 249 cm³/mol. The third-order valence-corrected chi connectivity index (χ3v) is 11.7. The fourth-order valence-electron chi connectivity index (χ4n) is 8.19. The van der Waals surface area contributed by atoms with Crippen LogP contribution in [0, 0.1) is 5.92 Å². The lowest BCUT2D eigenvalue weighted by Crippen LogP contribution is -2.57. The maximum absolute atomic E-state index is 14.7. The van der Waals surface area contributed by atoms with Crippen molar-refractivity contribution >= 4 is 41.4 Å². The molecule has 0 fully saturated rings. The molecule has 1 aliphatic carbocycles. The van der Waals surface area contributed by atoms with Gasteiger partial charge in [-0.15, -0.1) is 0 Å². The van der Waals surface area contributed by atoms with Crippen molar-refractivity contribution in [3.8, 4) is 11.1 Å². The first-order chi connectivity index (χ1) is 31.3. The van der Waals surface area contributed by atoms with Crippen molar-refractivity contribution in [3.05, 3.63) is 161 Å². The van der Waals surface area contributed by atoms with E-state index in [-0.39, 0.29) is 49.0 Å². The summed E-state index contributed by atoms with van der Waals surface area (Å²) >= 11 is 0. The van der Waals surface area contributed by atoms with Gasteiger partial charge in [-0.05, 0) is 64.8 Å². The first-order valence-electron chi connectivity index (χ1n) is 21.8. The highest BCUT2D eigenvalue weighted by Gasteiger charge is 2.37. The SMILES string of the molecule is COC(=O)[C@H](C)NC(=O)c1ccccc1NC(=O)[C@H](Cc1ccccc1)N(C)C(=O)[C@H](CC(C)C)NC(=O)[C@H](Cc1ccccc1)N(C)C(=O)OCC1c2ccccc2-c2ccccc21. The van der Waals surface area contributed by atoms with Crippen LogP contribution in [0.1, 0.15) is 65.7 Å². The summed E-state index contributed by atoms with van der Waals surface area (Å²) in [5.41, 5.74) is 6.12. The largest absolute Gasteiger partial charge is 0.467 e. The van der Waals surface area contributed by atoms with Crippen LogP contribution in [0.25, 0.3) is 11.1 Å². The molecular weight excluding hydrogens is 823 g/mol. The van der Waals surface area contributed by atoms with Gasteiger partial charge in [0.1, 0.15) is 30.8 Å². The molecule has 4 atom stereocenters. The van der Waals surface area contributed by atoms with E-state index in [0.29, 0.717) is 0 Å². The summed E-state index contributed by atoms with van der Waals surface area (Å²) in [7, 11) is 4.25. The second kappa shape index (κ2) is 21.9. The van der Waals surface area contributed by atoms with E-state index < -0.39 is 59.9 Å². The van der Waals surface area contributed by atoms with Crippen LogP contribution in [0.4, 0.5) is 10.5 Å². The van der Waals surface area contributed by atoms with Gasteiger partial charge in [0.2, 0.25) is 17.7 Å². The van der Waals surface area contributed by atoms with Gasteiger partial charge in [-0.2, -0.15) is 0 Å². The lowest BCUT2D eigenvalue weighted by molar-refractivity contribution is -0.142. The number of anilines is 1. The van der Waals surface area contributed by atoms with Crippen molar-refractivity contribution < 1.29 is 38.2 Å². The lowest BCUT2D eigenvalue weighted by atomic mass is 9.98. The number of nitrogens with one attached hydrogen (secondary N) is 3. The van der Waals surface area contributed by atoms with Gasteiger partial charge in [-0.1, -0.05) is 135 Å². The van der Waals surface area contributed by atoms with Gasteiger partial charge in [-0.3, -0.25) is 24.1 Å². The Morgan fingerprint density at radius 2 is 1.12 bits per heavy atom. The number of carbonyl (C=O) groups excluding carboxylic acids is 6. The molecule has 338 valence electrons. The average molecular weight is 880 g/mol. The fourth-order valence-corrected chi connectivity index (χ4v) is 8.19. The average Bonchev–Trinajstić information content (AvgIpc) is 3.64. The Balaban J connectivity index is 1.23. The zero-order valence-electron chi connectivity index (χ0n) is 37.7. The molecule has 0 bridgehead atoms. The molecule has 0 saturated heterocycles. The van der Waals surface area contributed by atoms with E-state index in [9.17, 15) is 28.8 Å². The summed E-state index contributed by atoms with van der Waals surface area (Å²) in [6.07, 6.45) is -0.231. The zero-order chi connectivity index (χ0) is 46.6. The molecule has 0 heterocycles. The minimum absolute atomic E-state index is 0.0583. The Labute approximate surface area is 380 Å². The van der Waals surface area contributed by atoms with Crippen LogP contribution in [-0.4, -0.2) is 97.5 Å². The van der Waals surface area contributed by atoms with E-state index in [0.717, 1.165) is 33.4 Å². The number of nitrogens with zero attached hydrogens (tertiary/aromatic N) is 2. The summed E-state index contributed by atoms with van der Waals surface area (Å²) in [6, 6.07) is 36.7. The van der Waals surface area contributed by atoms with Crippen LogP contribution in [0.3, 0.4) is 0 Å². The second-order valence-corrected chi connectivity index (χ2v) is 16.7. The van der Waals surface area contributed by atoms with Gasteiger partial charge in [0.15, 0.2) is 0 Å². The first kappa shape index (κ1) is 47.2. The third kappa shape index (κ3) is 11.7. The van der Waals surface area contributed by atoms with Gasteiger partial charge >= 0.3 is 12.1 Å². The quantitative estimate of drug-likeness (QED) is 0.0792. The van der Waals surface area contributed by atoms with Crippen LogP contribution < -0.4 is 16.0 Å². The fraction of sp³-hybridized carbons (Fsp3) is 0.308.